The normalized spacial score (nSPS) is 10.9. The predicted molar refractivity (Wildman–Crippen MR) is 79.2 cm³/mol. The Balaban J connectivity index is 1.87. The molecule has 0 bridgehead atoms. The van der Waals surface area contributed by atoms with E-state index in [1.165, 1.54) is 30.3 Å². The average molecular weight is 321 g/mol. The molecule has 0 aliphatic carbocycles. The van der Waals surface area contributed by atoms with Gasteiger partial charge in [0.25, 0.3) is 11.5 Å². The summed E-state index contributed by atoms with van der Waals surface area (Å²) in [5.74, 6) is -1.86. The zero-order valence-electron chi connectivity index (χ0n) is 11.9. The van der Waals surface area contributed by atoms with Crippen LogP contribution in [-0.2, 0) is 6.54 Å². The molecule has 0 unspecified atom stereocenters. The molecule has 0 radical (unpaired) electrons. The van der Waals surface area contributed by atoms with Crippen LogP contribution in [-0.4, -0.2) is 22.0 Å². The lowest BCUT2D eigenvalue weighted by atomic mass is 10.2. The molecule has 0 atom stereocenters. The highest BCUT2D eigenvalue weighted by Crippen LogP contribution is 2.02. The number of rotatable bonds is 5. The number of allylic oxidation sites excluding steroid dienone is 1. The van der Waals surface area contributed by atoms with Crippen molar-refractivity contribution in [2.45, 2.75) is 6.54 Å². The van der Waals surface area contributed by atoms with Crippen LogP contribution in [0.4, 0.5) is 8.78 Å². The molecule has 1 amide bonds. The second kappa shape index (κ2) is 7.30. The average Bonchev–Trinajstić information content (AvgIpc) is 2.52. The second-order valence-electron chi connectivity index (χ2n) is 4.58. The molecule has 1 aromatic carbocycles. The third kappa shape index (κ3) is 4.47. The van der Waals surface area contributed by atoms with Crippen molar-refractivity contribution in [3.63, 3.8) is 0 Å². The van der Waals surface area contributed by atoms with Crippen molar-refractivity contribution in [3.05, 3.63) is 80.7 Å². The van der Waals surface area contributed by atoms with Gasteiger partial charge in [0.1, 0.15) is 5.82 Å². The van der Waals surface area contributed by atoms with Crippen molar-refractivity contribution in [3.8, 4) is 0 Å². The fraction of sp³-hybridized carbons (Fsp3) is 0.133. The molecule has 0 saturated carbocycles. The van der Waals surface area contributed by atoms with E-state index >= 15 is 0 Å². The van der Waals surface area contributed by atoms with Crippen LogP contribution in [0.25, 0.3) is 0 Å². The van der Waals surface area contributed by atoms with E-state index in [9.17, 15) is 23.2 Å². The fourth-order valence-corrected chi connectivity index (χ4v) is 1.74. The number of carbonyl (C=O) groups excluding carboxylic acids is 1. The third-order valence-electron chi connectivity index (χ3n) is 2.92. The monoisotopic (exact) mass is 321 g/mol. The van der Waals surface area contributed by atoms with Crippen molar-refractivity contribution in [2.75, 3.05) is 6.54 Å². The van der Waals surface area contributed by atoms with Gasteiger partial charge in [0.15, 0.2) is 0 Å². The number of aromatic amines is 1. The Kier molecular flexibility index (Phi) is 5.19. The highest BCUT2D eigenvalue weighted by molar-refractivity contribution is 5.94. The summed E-state index contributed by atoms with van der Waals surface area (Å²) in [6.07, 6.45) is 3.91. The van der Waals surface area contributed by atoms with Crippen molar-refractivity contribution in [2.24, 2.45) is 0 Å². The maximum Gasteiger partial charge on any atom is 0.328 e. The fourth-order valence-electron chi connectivity index (χ4n) is 1.74. The van der Waals surface area contributed by atoms with E-state index in [1.807, 2.05) is 4.98 Å². The van der Waals surface area contributed by atoms with Crippen LogP contribution < -0.4 is 16.6 Å². The van der Waals surface area contributed by atoms with E-state index in [4.69, 9.17) is 0 Å². The summed E-state index contributed by atoms with van der Waals surface area (Å²) >= 11 is 0. The van der Waals surface area contributed by atoms with Gasteiger partial charge < -0.3 is 5.32 Å². The standard InChI is InChI=1S/C15H13F2N3O3/c16-11-5-3-10(4-6-11)13(21)18-7-1-2-8-20-9-12(17)14(22)19-15(20)23/h1-6,9H,7-8H2,(H,18,21)(H,19,22,23)/b2-1-. The van der Waals surface area contributed by atoms with Gasteiger partial charge in [-0.15, -0.1) is 0 Å². The molecule has 0 spiro atoms. The molecule has 6 nitrogen and oxygen atoms in total. The summed E-state index contributed by atoms with van der Waals surface area (Å²) in [6.45, 7) is 0.218. The molecule has 0 saturated heterocycles. The number of nitrogens with zero attached hydrogens (tertiary/aromatic N) is 1. The summed E-state index contributed by atoms with van der Waals surface area (Å²) in [5, 5.41) is 2.57. The lowest BCUT2D eigenvalue weighted by molar-refractivity contribution is 0.0958. The highest BCUT2D eigenvalue weighted by atomic mass is 19.1. The largest absolute Gasteiger partial charge is 0.349 e. The first kappa shape index (κ1) is 16.3. The smallest absolute Gasteiger partial charge is 0.328 e. The van der Waals surface area contributed by atoms with Crippen molar-refractivity contribution in [1.82, 2.24) is 14.9 Å². The molecule has 0 fully saturated rings. The number of hydrogen-bond donors (Lipinski definition) is 2. The quantitative estimate of drug-likeness (QED) is 0.799. The summed E-state index contributed by atoms with van der Waals surface area (Å²) in [7, 11) is 0. The number of carbonyl (C=O) groups is 1. The molecule has 1 aromatic heterocycles. The first-order chi connectivity index (χ1) is 11.0. The highest BCUT2D eigenvalue weighted by Gasteiger charge is 2.04. The first-order valence-electron chi connectivity index (χ1n) is 6.65. The van der Waals surface area contributed by atoms with Crippen LogP contribution >= 0.6 is 0 Å². The van der Waals surface area contributed by atoms with Crippen molar-refractivity contribution in [1.29, 1.82) is 0 Å². The first-order valence-corrected chi connectivity index (χ1v) is 6.65. The van der Waals surface area contributed by atoms with Gasteiger partial charge in [-0.2, -0.15) is 4.39 Å². The Bertz CT molecular complexity index is 838. The predicted octanol–water partition coefficient (Wildman–Crippen LogP) is 0.801. The molecule has 120 valence electrons. The molecular weight excluding hydrogens is 308 g/mol. The molecule has 8 heteroatoms. The van der Waals surface area contributed by atoms with Crippen LogP contribution in [0.3, 0.4) is 0 Å². The number of nitrogens with one attached hydrogen (secondary N) is 2. The topological polar surface area (TPSA) is 84.0 Å². The lowest BCUT2D eigenvalue weighted by Gasteiger charge is -2.03. The third-order valence-corrected chi connectivity index (χ3v) is 2.92. The van der Waals surface area contributed by atoms with E-state index in [2.05, 4.69) is 5.32 Å². The van der Waals surface area contributed by atoms with E-state index in [0.717, 1.165) is 10.8 Å². The molecular formula is C15H13F2N3O3. The van der Waals surface area contributed by atoms with Crippen molar-refractivity contribution >= 4 is 5.91 Å². The Morgan fingerprint density at radius 1 is 1.17 bits per heavy atom. The van der Waals surface area contributed by atoms with Gasteiger partial charge in [0, 0.05) is 18.7 Å². The van der Waals surface area contributed by atoms with Crippen LogP contribution in [0.5, 0.6) is 0 Å². The number of aromatic nitrogens is 2. The summed E-state index contributed by atoms with van der Waals surface area (Å²) in [5.41, 5.74) is -1.48. The molecule has 23 heavy (non-hydrogen) atoms. The Labute approximate surface area is 129 Å². The SMILES string of the molecule is O=C(NC/C=C\Cn1cc(F)c(=O)[nH]c1=O)c1ccc(F)cc1. The Morgan fingerprint density at radius 3 is 2.57 bits per heavy atom. The van der Waals surface area contributed by atoms with Gasteiger partial charge in [0.05, 0.1) is 6.20 Å². The maximum atomic E-state index is 13.0. The zero-order valence-corrected chi connectivity index (χ0v) is 11.9. The molecule has 1 heterocycles. The van der Waals surface area contributed by atoms with Crippen LogP contribution in [0.15, 0.2) is 52.2 Å². The molecule has 0 aliphatic heterocycles. The van der Waals surface area contributed by atoms with Gasteiger partial charge in [-0.05, 0) is 24.3 Å². The number of amides is 1. The van der Waals surface area contributed by atoms with Gasteiger partial charge >= 0.3 is 5.69 Å². The summed E-state index contributed by atoms with van der Waals surface area (Å²) < 4.78 is 26.8. The maximum absolute atomic E-state index is 13.0. The lowest BCUT2D eigenvalue weighted by Crippen LogP contribution is -2.31. The van der Waals surface area contributed by atoms with Crippen molar-refractivity contribution < 1.29 is 13.6 Å². The Morgan fingerprint density at radius 2 is 1.87 bits per heavy atom. The summed E-state index contributed by atoms with van der Waals surface area (Å²) in [6, 6.07) is 5.08. The molecule has 2 aromatic rings. The zero-order chi connectivity index (χ0) is 16.8. The van der Waals surface area contributed by atoms with Crippen LogP contribution in [0, 0.1) is 11.6 Å². The second-order valence-corrected chi connectivity index (χ2v) is 4.58. The Hall–Kier alpha value is -3.03. The minimum Gasteiger partial charge on any atom is -0.349 e. The van der Waals surface area contributed by atoms with Crippen LogP contribution in [0.1, 0.15) is 10.4 Å². The van der Waals surface area contributed by atoms with Gasteiger partial charge in [0.2, 0.25) is 5.82 Å². The van der Waals surface area contributed by atoms with Gasteiger partial charge in [-0.1, -0.05) is 12.2 Å². The number of benzene rings is 1. The van der Waals surface area contributed by atoms with Gasteiger partial charge in [-0.3, -0.25) is 19.1 Å². The van der Waals surface area contributed by atoms with E-state index < -0.39 is 22.9 Å². The summed E-state index contributed by atoms with van der Waals surface area (Å²) in [4.78, 5) is 35.8. The minimum absolute atomic E-state index is 0.0406. The van der Waals surface area contributed by atoms with E-state index in [0.29, 0.717) is 5.56 Å². The number of hydrogen-bond acceptors (Lipinski definition) is 3. The van der Waals surface area contributed by atoms with Crippen LogP contribution in [0.2, 0.25) is 0 Å². The number of H-pyrrole nitrogens is 1. The minimum atomic E-state index is -1.07. The molecule has 2 N–H and O–H groups in total. The van der Waals surface area contributed by atoms with Gasteiger partial charge in [-0.25, -0.2) is 9.18 Å². The molecule has 2 rings (SSSR count). The molecule has 0 aliphatic rings. The van der Waals surface area contributed by atoms with E-state index in [1.54, 1.807) is 6.08 Å². The number of halogens is 2. The van der Waals surface area contributed by atoms with E-state index in [-0.39, 0.29) is 19.0 Å².